The Labute approximate surface area is 94.8 Å². The van der Waals surface area contributed by atoms with E-state index < -0.39 is 21.7 Å². The van der Waals surface area contributed by atoms with E-state index in [2.05, 4.69) is 0 Å². The molecule has 0 aliphatic carbocycles. The number of rotatable bonds is 5. The van der Waals surface area contributed by atoms with Gasteiger partial charge in [0.1, 0.15) is 9.84 Å². The van der Waals surface area contributed by atoms with Crippen molar-refractivity contribution in [2.45, 2.75) is 12.3 Å². The van der Waals surface area contributed by atoms with Crippen molar-refractivity contribution < 1.29 is 18.3 Å². The smallest absolute Gasteiger partial charge is 0.311 e. The third kappa shape index (κ3) is 4.02. The van der Waals surface area contributed by atoms with E-state index in [1.165, 1.54) is 0 Å². The third-order valence-corrected chi connectivity index (χ3v) is 3.25. The van der Waals surface area contributed by atoms with Crippen LogP contribution in [-0.2, 0) is 14.6 Å². The van der Waals surface area contributed by atoms with Gasteiger partial charge in [-0.25, -0.2) is 8.42 Å². The highest BCUT2D eigenvalue weighted by molar-refractivity contribution is 7.90. The van der Waals surface area contributed by atoms with E-state index in [4.69, 9.17) is 5.11 Å². The summed E-state index contributed by atoms with van der Waals surface area (Å²) >= 11 is 0. The molecular weight excluding hydrogens is 228 g/mol. The summed E-state index contributed by atoms with van der Waals surface area (Å²) in [6, 6.07) is 8.67. The zero-order chi connectivity index (χ0) is 12.2. The first kappa shape index (κ1) is 12.7. The lowest BCUT2D eigenvalue weighted by Crippen LogP contribution is -2.16. The monoisotopic (exact) mass is 242 g/mol. The second-order valence-corrected chi connectivity index (χ2v) is 5.98. The molecule has 0 saturated carbocycles. The van der Waals surface area contributed by atoms with Crippen LogP contribution in [0, 0.1) is 0 Å². The molecule has 1 aromatic carbocycles. The molecule has 1 atom stereocenters. The second-order valence-electron chi connectivity index (χ2n) is 3.72. The molecule has 0 bridgehead atoms. The van der Waals surface area contributed by atoms with Crippen molar-refractivity contribution in [3.05, 3.63) is 35.9 Å². The highest BCUT2D eigenvalue weighted by Gasteiger charge is 2.21. The Morgan fingerprint density at radius 3 is 2.31 bits per heavy atom. The fraction of sp³-hybridized carbons (Fsp3) is 0.364. The molecule has 0 amide bonds. The van der Waals surface area contributed by atoms with Crippen molar-refractivity contribution in [2.75, 3.05) is 12.0 Å². The molecule has 0 aliphatic heterocycles. The fourth-order valence-electron chi connectivity index (χ4n) is 1.45. The van der Waals surface area contributed by atoms with Crippen molar-refractivity contribution in [3.63, 3.8) is 0 Å². The third-order valence-electron chi connectivity index (χ3n) is 2.28. The predicted octanol–water partition coefficient (Wildman–Crippen LogP) is 1.29. The van der Waals surface area contributed by atoms with Gasteiger partial charge in [-0.05, 0) is 12.0 Å². The molecule has 0 radical (unpaired) electrons. The highest BCUT2D eigenvalue weighted by atomic mass is 32.2. The molecule has 0 aliphatic rings. The molecule has 88 valence electrons. The molecule has 16 heavy (non-hydrogen) atoms. The van der Waals surface area contributed by atoms with Crippen LogP contribution < -0.4 is 0 Å². The quantitative estimate of drug-likeness (QED) is 0.844. The first-order valence-electron chi connectivity index (χ1n) is 4.85. The summed E-state index contributed by atoms with van der Waals surface area (Å²) in [5.41, 5.74) is 0.638. The van der Waals surface area contributed by atoms with Crippen LogP contribution in [0.15, 0.2) is 30.3 Å². The summed E-state index contributed by atoms with van der Waals surface area (Å²) < 4.78 is 22.0. The molecule has 1 aromatic rings. The first-order valence-corrected chi connectivity index (χ1v) is 6.91. The lowest BCUT2D eigenvalue weighted by molar-refractivity contribution is -0.138. The minimum atomic E-state index is -3.12. The molecule has 0 spiro atoms. The van der Waals surface area contributed by atoms with E-state index in [1.807, 2.05) is 0 Å². The number of carboxylic acid groups (broad SMARTS) is 1. The normalized spacial score (nSPS) is 13.3. The van der Waals surface area contributed by atoms with E-state index in [1.54, 1.807) is 30.3 Å². The van der Waals surface area contributed by atoms with Gasteiger partial charge in [0.25, 0.3) is 0 Å². The minimum Gasteiger partial charge on any atom is -0.481 e. The topological polar surface area (TPSA) is 71.4 Å². The van der Waals surface area contributed by atoms with Crippen molar-refractivity contribution in [3.8, 4) is 0 Å². The van der Waals surface area contributed by atoms with E-state index in [9.17, 15) is 13.2 Å². The number of carbonyl (C=O) groups is 1. The van der Waals surface area contributed by atoms with Gasteiger partial charge in [0.05, 0.1) is 11.7 Å². The van der Waals surface area contributed by atoms with Crippen LogP contribution in [0.1, 0.15) is 17.9 Å². The fourth-order valence-corrected chi connectivity index (χ4v) is 2.11. The zero-order valence-corrected chi connectivity index (χ0v) is 9.78. The molecular formula is C11H14O4S. The number of sulfone groups is 1. The summed E-state index contributed by atoms with van der Waals surface area (Å²) in [6.45, 7) is 0. The molecule has 4 nitrogen and oxygen atoms in total. The van der Waals surface area contributed by atoms with Gasteiger partial charge in [0, 0.05) is 6.26 Å². The Balaban J connectivity index is 2.81. The van der Waals surface area contributed by atoms with Gasteiger partial charge in [-0.15, -0.1) is 0 Å². The van der Waals surface area contributed by atoms with Gasteiger partial charge >= 0.3 is 5.97 Å². The number of aliphatic carboxylic acids is 1. The van der Waals surface area contributed by atoms with Crippen LogP contribution in [0.3, 0.4) is 0 Å². The standard InChI is InChI=1S/C11H14O4S/c1-16(14,15)8-7-10(11(12)13)9-5-3-2-4-6-9/h2-6,10H,7-8H2,1H3,(H,12,13). The molecule has 0 fully saturated rings. The maximum atomic E-state index is 11.0. The van der Waals surface area contributed by atoms with Crippen LogP contribution in [0.5, 0.6) is 0 Å². The Kier molecular flexibility index (Phi) is 4.06. The molecule has 1 unspecified atom stereocenters. The van der Waals surface area contributed by atoms with Gasteiger partial charge in [-0.2, -0.15) is 0 Å². The number of hydrogen-bond acceptors (Lipinski definition) is 3. The summed E-state index contributed by atoms with van der Waals surface area (Å²) in [6.07, 6.45) is 1.22. The van der Waals surface area contributed by atoms with Crippen molar-refractivity contribution in [2.24, 2.45) is 0 Å². The minimum absolute atomic E-state index is 0.109. The lowest BCUT2D eigenvalue weighted by atomic mass is 9.97. The van der Waals surface area contributed by atoms with Crippen LogP contribution in [0.2, 0.25) is 0 Å². The number of hydrogen-bond donors (Lipinski definition) is 1. The maximum absolute atomic E-state index is 11.0. The summed E-state index contributed by atoms with van der Waals surface area (Å²) in [4.78, 5) is 11.0. The van der Waals surface area contributed by atoms with E-state index in [0.29, 0.717) is 5.56 Å². The van der Waals surface area contributed by atoms with Crippen LogP contribution >= 0.6 is 0 Å². The van der Waals surface area contributed by atoms with Crippen molar-refractivity contribution in [1.29, 1.82) is 0 Å². The molecule has 0 heterocycles. The predicted molar refractivity (Wildman–Crippen MR) is 61.1 cm³/mol. The Bertz CT molecular complexity index is 450. The maximum Gasteiger partial charge on any atom is 0.311 e. The van der Waals surface area contributed by atoms with E-state index >= 15 is 0 Å². The van der Waals surface area contributed by atoms with Crippen molar-refractivity contribution in [1.82, 2.24) is 0 Å². The van der Waals surface area contributed by atoms with E-state index in [-0.39, 0.29) is 12.2 Å². The van der Waals surface area contributed by atoms with Gasteiger partial charge in [0.2, 0.25) is 0 Å². The summed E-state index contributed by atoms with van der Waals surface area (Å²) in [5, 5.41) is 9.03. The summed E-state index contributed by atoms with van der Waals surface area (Å²) in [7, 11) is -3.12. The highest BCUT2D eigenvalue weighted by Crippen LogP contribution is 2.20. The Hall–Kier alpha value is -1.36. The van der Waals surface area contributed by atoms with Crippen LogP contribution in [0.4, 0.5) is 0 Å². The van der Waals surface area contributed by atoms with E-state index in [0.717, 1.165) is 6.26 Å². The van der Waals surface area contributed by atoms with Crippen molar-refractivity contribution >= 4 is 15.8 Å². The van der Waals surface area contributed by atoms with Gasteiger partial charge in [0.15, 0.2) is 0 Å². The van der Waals surface area contributed by atoms with Crippen LogP contribution in [-0.4, -0.2) is 31.5 Å². The largest absolute Gasteiger partial charge is 0.481 e. The average molecular weight is 242 g/mol. The number of carboxylic acids is 1. The average Bonchev–Trinajstić information content (AvgIpc) is 2.17. The SMILES string of the molecule is CS(=O)(=O)CCC(C(=O)O)c1ccccc1. The number of benzene rings is 1. The van der Waals surface area contributed by atoms with Gasteiger partial charge < -0.3 is 5.11 Å². The summed E-state index contributed by atoms with van der Waals surface area (Å²) in [5.74, 6) is -1.86. The second kappa shape index (κ2) is 5.12. The molecule has 5 heteroatoms. The first-order chi connectivity index (χ1) is 7.40. The Morgan fingerprint density at radius 1 is 1.31 bits per heavy atom. The Morgan fingerprint density at radius 2 is 1.88 bits per heavy atom. The zero-order valence-electron chi connectivity index (χ0n) is 8.96. The molecule has 1 rings (SSSR count). The molecule has 0 saturated heterocycles. The van der Waals surface area contributed by atoms with Crippen LogP contribution in [0.25, 0.3) is 0 Å². The molecule has 0 aromatic heterocycles. The molecule has 1 N–H and O–H groups in total. The van der Waals surface area contributed by atoms with Gasteiger partial charge in [-0.1, -0.05) is 30.3 Å². The van der Waals surface area contributed by atoms with Gasteiger partial charge in [-0.3, -0.25) is 4.79 Å². The lowest BCUT2D eigenvalue weighted by Gasteiger charge is -2.11.